The number of carboxylic acids is 1. The highest BCUT2D eigenvalue weighted by atomic mass is 19.4. The van der Waals surface area contributed by atoms with Crippen LogP contribution < -0.4 is 5.32 Å². The van der Waals surface area contributed by atoms with Gasteiger partial charge in [0.1, 0.15) is 11.8 Å². The molecule has 1 amide bonds. The molecule has 2 N–H and O–H groups in total. The van der Waals surface area contributed by atoms with Gasteiger partial charge in [0, 0.05) is 0 Å². The highest BCUT2D eigenvalue weighted by Crippen LogP contribution is 2.48. The molecule has 1 aliphatic carbocycles. The van der Waals surface area contributed by atoms with Crippen molar-refractivity contribution in [1.29, 1.82) is 0 Å². The summed E-state index contributed by atoms with van der Waals surface area (Å²) in [6.07, 6.45) is -5.04. The number of benzene rings is 3. The normalized spacial score (nSPS) is 14.8. The van der Waals surface area contributed by atoms with Gasteiger partial charge in [-0.2, -0.15) is 17.9 Å². The number of hydrogen-bond acceptors (Lipinski definition) is 5. The maximum atomic E-state index is 13.0. The van der Waals surface area contributed by atoms with Crippen molar-refractivity contribution < 1.29 is 32.6 Å². The van der Waals surface area contributed by atoms with Crippen LogP contribution in [0, 0.1) is 6.92 Å². The van der Waals surface area contributed by atoms with Crippen molar-refractivity contribution in [2.24, 2.45) is 0 Å². The summed E-state index contributed by atoms with van der Waals surface area (Å²) in [5.41, 5.74) is 2.23. The molecule has 0 saturated heterocycles. The number of carbonyl (C=O) groups excluding carboxylic acids is 1. The lowest BCUT2D eigenvalue weighted by Gasteiger charge is -2.16. The van der Waals surface area contributed by atoms with E-state index in [0.29, 0.717) is 24.2 Å². The molecule has 0 aliphatic heterocycles. The molecule has 0 spiro atoms. The molecule has 4 aromatic rings. The van der Waals surface area contributed by atoms with Gasteiger partial charge >= 0.3 is 18.2 Å². The number of rotatable bonds is 7. The second kappa shape index (κ2) is 10.1. The fourth-order valence-electron chi connectivity index (χ4n) is 4.53. The quantitative estimate of drug-likeness (QED) is 0.266. The van der Waals surface area contributed by atoms with Gasteiger partial charge in [0.15, 0.2) is 5.82 Å². The van der Waals surface area contributed by atoms with E-state index in [2.05, 4.69) is 15.6 Å². The van der Waals surface area contributed by atoms with Crippen LogP contribution in [0.15, 0.2) is 72.8 Å². The number of aromatic nitrogens is 3. The third-order valence-electron chi connectivity index (χ3n) is 7.07. The molecule has 1 heterocycles. The van der Waals surface area contributed by atoms with Crippen LogP contribution in [0.5, 0.6) is 0 Å². The standard InChI is InChI=1S/C29H25F3N4O4/c1-17-25(33-27(39)40-18(2)21-4-3-5-23(16-21)29(30,31)32)36(35-34-17)24-12-8-20(9-13-24)19-6-10-22(11-7-19)28(14-15-28)26(37)38/h3-13,16,18H,14-15H2,1-2H3,(H,33,39)(H,37,38)/t18-/m1/s1. The topological polar surface area (TPSA) is 106 Å². The zero-order valence-corrected chi connectivity index (χ0v) is 21.6. The Kier molecular flexibility index (Phi) is 6.82. The minimum Gasteiger partial charge on any atom is -0.481 e. The number of ether oxygens (including phenoxy) is 1. The molecular weight excluding hydrogens is 525 g/mol. The van der Waals surface area contributed by atoms with E-state index >= 15 is 0 Å². The highest BCUT2D eigenvalue weighted by Gasteiger charge is 2.51. The van der Waals surface area contributed by atoms with Crippen LogP contribution >= 0.6 is 0 Å². The zero-order valence-electron chi connectivity index (χ0n) is 21.6. The van der Waals surface area contributed by atoms with Gasteiger partial charge in [-0.15, -0.1) is 5.10 Å². The van der Waals surface area contributed by atoms with Crippen molar-refractivity contribution in [3.63, 3.8) is 0 Å². The Labute approximate surface area is 227 Å². The van der Waals surface area contributed by atoms with Crippen LogP contribution in [0.2, 0.25) is 0 Å². The second-order valence-electron chi connectivity index (χ2n) is 9.74. The predicted octanol–water partition coefficient (Wildman–Crippen LogP) is 6.69. The first kappa shape index (κ1) is 26.9. The van der Waals surface area contributed by atoms with Gasteiger partial charge < -0.3 is 9.84 Å². The van der Waals surface area contributed by atoms with Crippen molar-refractivity contribution in [1.82, 2.24) is 15.0 Å². The van der Waals surface area contributed by atoms with Crippen molar-refractivity contribution in [3.8, 4) is 16.8 Å². The monoisotopic (exact) mass is 550 g/mol. The van der Waals surface area contributed by atoms with E-state index in [1.807, 2.05) is 36.4 Å². The highest BCUT2D eigenvalue weighted by molar-refractivity contribution is 5.85. The van der Waals surface area contributed by atoms with Crippen LogP contribution in [0.1, 0.15) is 48.3 Å². The number of nitrogens with zero attached hydrogens (tertiary/aromatic N) is 3. The number of hydrogen-bond donors (Lipinski definition) is 2. The first-order valence-corrected chi connectivity index (χ1v) is 12.5. The number of aryl methyl sites for hydroxylation is 1. The second-order valence-corrected chi connectivity index (χ2v) is 9.74. The minimum absolute atomic E-state index is 0.201. The van der Waals surface area contributed by atoms with Crippen LogP contribution in [0.4, 0.5) is 23.8 Å². The Hall–Kier alpha value is -4.67. The number of aliphatic carboxylic acids is 1. The van der Waals surface area contributed by atoms with Crippen molar-refractivity contribution in [3.05, 3.63) is 95.2 Å². The Morgan fingerprint density at radius 3 is 2.23 bits per heavy atom. The summed E-state index contributed by atoms with van der Waals surface area (Å²) in [5.74, 6) is -0.548. The van der Waals surface area contributed by atoms with Crippen molar-refractivity contribution in [2.75, 3.05) is 5.32 Å². The van der Waals surface area contributed by atoms with E-state index in [1.165, 1.54) is 23.7 Å². The van der Waals surface area contributed by atoms with E-state index in [9.17, 15) is 27.9 Å². The fraction of sp³-hybridized carbons (Fsp3) is 0.241. The smallest absolute Gasteiger partial charge is 0.416 e. The first-order chi connectivity index (χ1) is 19.0. The summed E-state index contributed by atoms with van der Waals surface area (Å²) < 4.78 is 45.9. The molecule has 8 nitrogen and oxygen atoms in total. The van der Waals surface area contributed by atoms with Gasteiger partial charge in [0.2, 0.25) is 0 Å². The van der Waals surface area contributed by atoms with Crippen LogP contribution in [-0.4, -0.2) is 32.2 Å². The number of carboxylic acid groups (broad SMARTS) is 1. The predicted molar refractivity (Wildman–Crippen MR) is 140 cm³/mol. The molecule has 40 heavy (non-hydrogen) atoms. The summed E-state index contributed by atoms with van der Waals surface area (Å²) in [6, 6.07) is 19.4. The van der Waals surface area contributed by atoms with Gasteiger partial charge in [-0.3, -0.25) is 10.1 Å². The fourth-order valence-corrected chi connectivity index (χ4v) is 4.53. The SMILES string of the molecule is Cc1nnn(-c2ccc(-c3ccc(C4(C(=O)O)CC4)cc3)cc2)c1NC(=O)O[C@H](C)c1cccc(C(F)(F)F)c1. The van der Waals surface area contributed by atoms with Crippen molar-refractivity contribution in [2.45, 2.75) is 44.4 Å². The lowest BCUT2D eigenvalue weighted by atomic mass is 9.94. The Bertz CT molecular complexity index is 1560. The van der Waals surface area contributed by atoms with E-state index in [-0.39, 0.29) is 11.4 Å². The van der Waals surface area contributed by atoms with E-state index in [1.54, 1.807) is 19.1 Å². The maximum Gasteiger partial charge on any atom is 0.416 e. The summed E-state index contributed by atoms with van der Waals surface area (Å²) in [4.78, 5) is 24.2. The summed E-state index contributed by atoms with van der Waals surface area (Å²) >= 11 is 0. The molecule has 0 unspecified atom stereocenters. The average Bonchev–Trinajstić information content (AvgIpc) is 3.68. The lowest BCUT2D eigenvalue weighted by molar-refractivity contribution is -0.140. The van der Waals surface area contributed by atoms with Crippen LogP contribution in [0.3, 0.4) is 0 Å². The van der Waals surface area contributed by atoms with Gasteiger partial charge in [-0.1, -0.05) is 53.7 Å². The Balaban J connectivity index is 1.29. The molecule has 1 fully saturated rings. The van der Waals surface area contributed by atoms with Gasteiger partial charge in [-0.05, 0) is 73.2 Å². The molecule has 1 aromatic heterocycles. The van der Waals surface area contributed by atoms with Crippen LogP contribution in [0.25, 0.3) is 16.8 Å². The number of halogens is 3. The third-order valence-corrected chi connectivity index (χ3v) is 7.07. The molecule has 1 atom stereocenters. The van der Waals surface area contributed by atoms with E-state index < -0.39 is 35.3 Å². The first-order valence-electron chi connectivity index (χ1n) is 12.5. The van der Waals surface area contributed by atoms with Gasteiger partial charge in [0.25, 0.3) is 0 Å². The number of amides is 1. The third kappa shape index (κ3) is 5.27. The number of alkyl halides is 3. The lowest BCUT2D eigenvalue weighted by Crippen LogP contribution is -2.19. The molecule has 1 saturated carbocycles. The van der Waals surface area contributed by atoms with Gasteiger partial charge in [-0.25, -0.2) is 4.79 Å². The Morgan fingerprint density at radius 2 is 1.65 bits per heavy atom. The molecule has 0 radical (unpaired) electrons. The number of carbonyl (C=O) groups is 2. The Morgan fingerprint density at radius 1 is 1.02 bits per heavy atom. The molecular formula is C29H25F3N4O4. The summed E-state index contributed by atoms with van der Waals surface area (Å²) in [5, 5.41) is 20.2. The van der Waals surface area contributed by atoms with E-state index in [0.717, 1.165) is 28.8 Å². The number of anilines is 1. The summed E-state index contributed by atoms with van der Waals surface area (Å²) in [6.45, 7) is 3.13. The molecule has 5 rings (SSSR count). The van der Waals surface area contributed by atoms with Crippen LogP contribution in [-0.2, 0) is 21.1 Å². The molecule has 1 aliphatic rings. The van der Waals surface area contributed by atoms with Gasteiger partial charge in [0.05, 0.1) is 16.7 Å². The number of nitrogens with one attached hydrogen (secondary N) is 1. The molecule has 206 valence electrons. The molecule has 0 bridgehead atoms. The minimum atomic E-state index is -4.51. The summed E-state index contributed by atoms with van der Waals surface area (Å²) in [7, 11) is 0. The largest absolute Gasteiger partial charge is 0.481 e. The maximum absolute atomic E-state index is 13.0. The van der Waals surface area contributed by atoms with E-state index in [4.69, 9.17) is 4.74 Å². The van der Waals surface area contributed by atoms with Crippen molar-refractivity contribution >= 4 is 17.9 Å². The molecule has 3 aromatic carbocycles. The molecule has 11 heteroatoms. The average molecular weight is 551 g/mol. The zero-order chi connectivity index (χ0) is 28.7.